The predicted molar refractivity (Wildman–Crippen MR) is 106 cm³/mol. The van der Waals surface area contributed by atoms with Gasteiger partial charge in [-0.25, -0.2) is 4.79 Å². The lowest BCUT2D eigenvalue weighted by atomic mass is 10.2. The lowest BCUT2D eigenvalue weighted by molar-refractivity contribution is -0.120. The minimum Gasteiger partial charge on any atom is -0.356 e. The monoisotopic (exact) mass is 388 g/mol. The van der Waals surface area contributed by atoms with E-state index < -0.39 is 0 Å². The second-order valence-corrected chi connectivity index (χ2v) is 6.62. The van der Waals surface area contributed by atoms with Crippen LogP contribution in [0.3, 0.4) is 0 Å². The minimum absolute atomic E-state index is 0.00250. The van der Waals surface area contributed by atoms with E-state index in [1.807, 2.05) is 24.3 Å². The van der Waals surface area contributed by atoms with Gasteiger partial charge in [0.05, 0.1) is 6.42 Å². The number of carbonyl (C=O) groups is 2. The van der Waals surface area contributed by atoms with Gasteiger partial charge in [-0.15, -0.1) is 0 Å². The third-order valence-electron chi connectivity index (χ3n) is 3.92. The van der Waals surface area contributed by atoms with Crippen LogP contribution < -0.4 is 16.0 Å². The van der Waals surface area contributed by atoms with Gasteiger partial charge in [-0.1, -0.05) is 29.8 Å². The molecule has 0 aliphatic carbocycles. The van der Waals surface area contributed by atoms with Crippen LogP contribution in [0.5, 0.6) is 0 Å². The summed E-state index contributed by atoms with van der Waals surface area (Å²) in [5.74, 6) is 0.00250. The molecule has 7 heteroatoms. The van der Waals surface area contributed by atoms with E-state index in [9.17, 15) is 9.59 Å². The van der Waals surface area contributed by atoms with E-state index in [1.54, 1.807) is 24.5 Å². The van der Waals surface area contributed by atoms with E-state index in [0.29, 0.717) is 31.1 Å². The number of halogens is 1. The number of benzene rings is 1. The Bertz CT molecular complexity index is 708. The second kappa shape index (κ2) is 11.9. The normalized spacial score (nSPS) is 10.3. The molecule has 1 heterocycles. The first kappa shape index (κ1) is 20.7. The number of carbonyl (C=O) groups excluding carboxylic acids is 2. The summed E-state index contributed by atoms with van der Waals surface area (Å²) in [6.45, 7) is 1.71. The highest BCUT2D eigenvalue weighted by Gasteiger charge is 2.03. The zero-order chi connectivity index (χ0) is 19.3. The van der Waals surface area contributed by atoms with Crippen LogP contribution in [-0.2, 0) is 17.8 Å². The van der Waals surface area contributed by atoms with Crippen molar-refractivity contribution in [2.45, 2.75) is 32.2 Å². The van der Waals surface area contributed by atoms with Gasteiger partial charge in [-0.2, -0.15) is 0 Å². The Labute approximate surface area is 164 Å². The third kappa shape index (κ3) is 9.06. The summed E-state index contributed by atoms with van der Waals surface area (Å²) in [5, 5.41) is 9.20. The number of unbranched alkanes of at least 4 members (excludes halogenated alkanes) is 2. The van der Waals surface area contributed by atoms with E-state index in [2.05, 4.69) is 20.9 Å². The number of rotatable bonds is 10. The van der Waals surface area contributed by atoms with Crippen molar-refractivity contribution >= 4 is 23.5 Å². The smallest absolute Gasteiger partial charge is 0.315 e. The SMILES string of the molecule is O=C(Cc1cccnc1)NCCCCCNC(=O)NCc1ccc(Cl)cc1. The molecule has 0 radical (unpaired) electrons. The van der Waals surface area contributed by atoms with Gasteiger partial charge in [-0.05, 0) is 48.6 Å². The quantitative estimate of drug-likeness (QED) is 0.547. The van der Waals surface area contributed by atoms with Gasteiger partial charge in [-0.3, -0.25) is 9.78 Å². The molecule has 1 aromatic heterocycles. The molecule has 1 aromatic carbocycles. The number of pyridine rings is 1. The van der Waals surface area contributed by atoms with Crippen molar-refractivity contribution in [3.63, 3.8) is 0 Å². The average molecular weight is 389 g/mol. The first-order valence-electron chi connectivity index (χ1n) is 9.05. The van der Waals surface area contributed by atoms with Crippen LogP contribution in [0.4, 0.5) is 4.79 Å². The summed E-state index contributed by atoms with van der Waals surface area (Å²) < 4.78 is 0. The third-order valence-corrected chi connectivity index (χ3v) is 4.17. The standard InChI is InChI=1S/C20H25ClN4O2/c21-18-8-6-16(7-9-18)15-25-20(27)24-12-3-1-2-11-23-19(26)13-17-5-4-10-22-14-17/h4-10,14H,1-3,11-13,15H2,(H,23,26)(H2,24,25,27). The highest BCUT2D eigenvalue weighted by molar-refractivity contribution is 6.30. The molecule has 2 aromatic rings. The van der Waals surface area contributed by atoms with Crippen molar-refractivity contribution in [2.75, 3.05) is 13.1 Å². The van der Waals surface area contributed by atoms with Crippen LogP contribution in [0.2, 0.25) is 5.02 Å². The Hall–Kier alpha value is -2.60. The molecule has 3 N–H and O–H groups in total. The van der Waals surface area contributed by atoms with E-state index in [0.717, 1.165) is 30.4 Å². The summed E-state index contributed by atoms with van der Waals surface area (Å²) >= 11 is 5.82. The minimum atomic E-state index is -0.185. The molecular weight excluding hydrogens is 364 g/mol. The van der Waals surface area contributed by atoms with Gasteiger partial charge in [0.1, 0.15) is 0 Å². The van der Waals surface area contributed by atoms with Crippen molar-refractivity contribution in [3.05, 3.63) is 64.9 Å². The Balaban J connectivity index is 1.45. The second-order valence-electron chi connectivity index (χ2n) is 6.18. The number of amides is 3. The van der Waals surface area contributed by atoms with E-state index in [-0.39, 0.29) is 11.9 Å². The van der Waals surface area contributed by atoms with Crippen LogP contribution >= 0.6 is 11.6 Å². The van der Waals surface area contributed by atoms with Crippen molar-refractivity contribution in [3.8, 4) is 0 Å². The number of aromatic nitrogens is 1. The summed E-state index contributed by atoms with van der Waals surface area (Å²) in [6.07, 6.45) is 6.42. The van der Waals surface area contributed by atoms with Crippen molar-refractivity contribution in [2.24, 2.45) is 0 Å². The maximum atomic E-state index is 11.8. The fraction of sp³-hybridized carbons (Fsp3) is 0.350. The summed E-state index contributed by atoms with van der Waals surface area (Å²) in [4.78, 5) is 27.5. The van der Waals surface area contributed by atoms with Crippen molar-refractivity contribution in [1.82, 2.24) is 20.9 Å². The van der Waals surface area contributed by atoms with Gasteiger partial charge in [0.25, 0.3) is 0 Å². The number of hydrogen-bond acceptors (Lipinski definition) is 3. The Morgan fingerprint density at radius 1 is 0.889 bits per heavy atom. The molecule has 144 valence electrons. The Morgan fingerprint density at radius 2 is 1.63 bits per heavy atom. The van der Waals surface area contributed by atoms with E-state index in [4.69, 9.17) is 11.6 Å². The molecule has 6 nitrogen and oxygen atoms in total. The molecule has 0 bridgehead atoms. The first-order chi connectivity index (χ1) is 13.1. The summed E-state index contributed by atoms with van der Waals surface area (Å²) in [6, 6.07) is 10.9. The Morgan fingerprint density at radius 3 is 2.33 bits per heavy atom. The van der Waals surface area contributed by atoms with E-state index in [1.165, 1.54) is 0 Å². The lowest BCUT2D eigenvalue weighted by Crippen LogP contribution is -2.35. The van der Waals surface area contributed by atoms with Gasteiger partial charge in [0, 0.05) is 37.1 Å². The van der Waals surface area contributed by atoms with E-state index >= 15 is 0 Å². The topological polar surface area (TPSA) is 83.1 Å². The van der Waals surface area contributed by atoms with Crippen LogP contribution in [0, 0.1) is 0 Å². The molecule has 0 fully saturated rings. The fourth-order valence-corrected chi connectivity index (χ4v) is 2.58. The fourth-order valence-electron chi connectivity index (χ4n) is 2.45. The lowest BCUT2D eigenvalue weighted by Gasteiger charge is -2.08. The number of hydrogen-bond donors (Lipinski definition) is 3. The summed E-state index contributed by atoms with van der Waals surface area (Å²) in [5.41, 5.74) is 1.90. The van der Waals surface area contributed by atoms with Crippen LogP contribution in [0.25, 0.3) is 0 Å². The maximum Gasteiger partial charge on any atom is 0.315 e. The molecule has 0 unspecified atom stereocenters. The molecule has 3 amide bonds. The zero-order valence-corrected chi connectivity index (χ0v) is 16.0. The van der Waals surface area contributed by atoms with Gasteiger partial charge >= 0.3 is 6.03 Å². The summed E-state index contributed by atoms with van der Waals surface area (Å²) in [7, 11) is 0. The molecular formula is C20H25ClN4O2. The van der Waals surface area contributed by atoms with Crippen LogP contribution in [0.15, 0.2) is 48.8 Å². The van der Waals surface area contributed by atoms with Gasteiger partial charge in [0.15, 0.2) is 0 Å². The highest BCUT2D eigenvalue weighted by Crippen LogP contribution is 2.09. The Kier molecular flexibility index (Phi) is 9.13. The molecule has 0 atom stereocenters. The molecule has 27 heavy (non-hydrogen) atoms. The molecule has 0 aliphatic heterocycles. The molecule has 0 spiro atoms. The number of nitrogens with one attached hydrogen (secondary N) is 3. The molecule has 0 saturated carbocycles. The van der Waals surface area contributed by atoms with Crippen molar-refractivity contribution < 1.29 is 9.59 Å². The first-order valence-corrected chi connectivity index (χ1v) is 9.43. The molecule has 2 rings (SSSR count). The number of urea groups is 1. The zero-order valence-electron chi connectivity index (χ0n) is 15.2. The van der Waals surface area contributed by atoms with Gasteiger partial charge in [0.2, 0.25) is 5.91 Å². The number of nitrogens with zero attached hydrogens (tertiary/aromatic N) is 1. The highest BCUT2D eigenvalue weighted by atomic mass is 35.5. The molecule has 0 aliphatic rings. The van der Waals surface area contributed by atoms with Crippen molar-refractivity contribution in [1.29, 1.82) is 0 Å². The molecule has 0 saturated heterocycles. The van der Waals surface area contributed by atoms with Crippen LogP contribution in [-0.4, -0.2) is 30.0 Å². The predicted octanol–water partition coefficient (Wildman–Crippen LogP) is 3.06. The van der Waals surface area contributed by atoms with Gasteiger partial charge < -0.3 is 16.0 Å². The average Bonchev–Trinajstić information content (AvgIpc) is 2.67. The van der Waals surface area contributed by atoms with Crippen LogP contribution in [0.1, 0.15) is 30.4 Å². The maximum absolute atomic E-state index is 11.8. The largest absolute Gasteiger partial charge is 0.356 e.